The van der Waals surface area contributed by atoms with Crippen LogP contribution in [0.5, 0.6) is 6.01 Å². The summed E-state index contributed by atoms with van der Waals surface area (Å²) in [5, 5.41) is 3.27. The second kappa shape index (κ2) is 7.06. The second-order valence-electron chi connectivity index (χ2n) is 4.56. The van der Waals surface area contributed by atoms with Gasteiger partial charge in [0.25, 0.3) is 0 Å². The maximum absolute atomic E-state index is 13.8. The first-order chi connectivity index (χ1) is 11.2. The van der Waals surface area contributed by atoms with Crippen molar-refractivity contribution < 1.29 is 13.5 Å². The minimum atomic E-state index is -0.572. The summed E-state index contributed by atoms with van der Waals surface area (Å²) < 4.78 is 24.2. The lowest BCUT2D eigenvalue weighted by Gasteiger charge is -2.08. The number of nitrogens with zero attached hydrogens (tertiary/aromatic N) is 3. The molecule has 0 aliphatic rings. The molecule has 0 aliphatic heterocycles. The molecule has 0 saturated heterocycles. The standard InChI is InChI=1S/C15H12ClFN4O2/c16-13-4-3-10(6-18-13)7-19-14-12(17)8-20-15(21-14)23-9-11-2-1-5-22-11/h1-6,8H,7,9H2,(H,19,20,21). The van der Waals surface area contributed by atoms with Gasteiger partial charge in [0.2, 0.25) is 0 Å². The quantitative estimate of drug-likeness (QED) is 0.696. The predicted molar refractivity (Wildman–Crippen MR) is 81.6 cm³/mol. The Labute approximate surface area is 136 Å². The average Bonchev–Trinajstić information content (AvgIpc) is 3.08. The number of furan rings is 1. The summed E-state index contributed by atoms with van der Waals surface area (Å²) in [5.74, 6) is 0.0985. The van der Waals surface area contributed by atoms with Crippen molar-refractivity contribution in [2.75, 3.05) is 5.32 Å². The van der Waals surface area contributed by atoms with Crippen molar-refractivity contribution in [2.45, 2.75) is 13.2 Å². The first-order valence-corrected chi connectivity index (χ1v) is 7.10. The fraction of sp³-hybridized carbons (Fsp3) is 0.133. The fourth-order valence-electron chi connectivity index (χ4n) is 1.77. The molecule has 0 saturated carbocycles. The molecular weight excluding hydrogens is 323 g/mol. The summed E-state index contributed by atoms with van der Waals surface area (Å²) >= 11 is 5.72. The Morgan fingerprint density at radius 2 is 2.13 bits per heavy atom. The molecular formula is C15H12ClFN4O2. The summed E-state index contributed by atoms with van der Waals surface area (Å²) in [7, 11) is 0. The van der Waals surface area contributed by atoms with Crippen LogP contribution in [0, 0.1) is 5.82 Å². The molecule has 23 heavy (non-hydrogen) atoms. The van der Waals surface area contributed by atoms with Crippen LogP contribution in [0.2, 0.25) is 5.15 Å². The van der Waals surface area contributed by atoms with E-state index >= 15 is 0 Å². The largest absolute Gasteiger partial charge is 0.466 e. The topological polar surface area (TPSA) is 73.1 Å². The van der Waals surface area contributed by atoms with Crippen LogP contribution in [0.15, 0.2) is 47.3 Å². The number of pyridine rings is 1. The van der Waals surface area contributed by atoms with Crippen LogP contribution in [-0.4, -0.2) is 15.0 Å². The predicted octanol–water partition coefficient (Wildman–Crippen LogP) is 3.45. The smallest absolute Gasteiger partial charge is 0.318 e. The van der Waals surface area contributed by atoms with E-state index in [1.165, 1.54) is 6.26 Å². The van der Waals surface area contributed by atoms with Crippen LogP contribution in [0.3, 0.4) is 0 Å². The van der Waals surface area contributed by atoms with E-state index in [9.17, 15) is 4.39 Å². The molecule has 6 nitrogen and oxygen atoms in total. The Morgan fingerprint density at radius 1 is 1.22 bits per heavy atom. The van der Waals surface area contributed by atoms with Crippen LogP contribution in [0.1, 0.15) is 11.3 Å². The van der Waals surface area contributed by atoms with Gasteiger partial charge >= 0.3 is 6.01 Å². The van der Waals surface area contributed by atoms with Gasteiger partial charge in [-0.05, 0) is 23.8 Å². The van der Waals surface area contributed by atoms with Gasteiger partial charge in [0.05, 0.1) is 12.5 Å². The maximum Gasteiger partial charge on any atom is 0.318 e. The Morgan fingerprint density at radius 3 is 2.87 bits per heavy atom. The zero-order chi connectivity index (χ0) is 16.1. The molecule has 0 unspecified atom stereocenters. The molecule has 118 valence electrons. The number of hydrogen-bond acceptors (Lipinski definition) is 6. The van der Waals surface area contributed by atoms with Crippen LogP contribution in [0.25, 0.3) is 0 Å². The minimum absolute atomic E-state index is 0.0457. The van der Waals surface area contributed by atoms with Gasteiger partial charge in [-0.2, -0.15) is 4.98 Å². The first kappa shape index (κ1) is 15.2. The normalized spacial score (nSPS) is 10.5. The molecule has 0 fully saturated rings. The van der Waals surface area contributed by atoms with Gasteiger partial charge in [0, 0.05) is 12.7 Å². The summed E-state index contributed by atoms with van der Waals surface area (Å²) in [4.78, 5) is 11.7. The molecule has 3 rings (SSSR count). The van der Waals surface area contributed by atoms with Crippen molar-refractivity contribution in [3.63, 3.8) is 0 Å². The highest BCUT2D eigenvalue weighted by atomic mass is 35.5. The number of ether oxygens (including phenoxy) is 1. The lowest BCUT2D eigenvalue weighted by molar-refractivity contribution is 0.249. The molecule has 3 heterocycles. The van der Waals surface area contributed by atoms with E-state index < -0.39 is 5.82 Å². The first-order valence-electron chi connectivity index (χ1n) is 6.73. The number of aromatic nitrogens is 3. The van der Waals surface area contributed by atoms with Gasteiger partial charge < -0.3 is 14.5 Å². The van der Waals surface area contributed by atoms with Crippen LogP contribution < -0.4 is 10.1 Å². The number of rotatable bonds is 6. The van der Waals surface area contributed by atoms with E-state index in [0.717, 1.165) is 11.8 Å². The van der Waals surface area contributed by atoms with Crippen molar-refractivity contribution in [3.05, 3.63) is 65.2 Å². The summed E-state index contributed by atoms with van der Waals surface area (Å²) in [6.07, 6.45) is 4.19. The molecule has 0 aliphatic carbocycles. The lowest BCUT2D eigenvalue weighted by Crippen LogP contribution is -2.07. The molecule has 8 heteroatoms. The third-order valence-electron chi connectivity index (χ3n) is 2.89. The van der Waals surface area contributed by atoms with Crippen molar-refractivity contribution in [2.24, 2.45) is 0 Å². The number of anilines is 1. The Balaban J connectivity index is 1.64. The highest BCUT2D eigenvalue weighted by Crippen LogP contribution is 2.16. The van der Waals surface area contributed by atoms with Gasteiger partial charge in [-0.3, -0.25) is 0 Å². The summed E-state index contributed by atoms with van der Waals surface area (Å²) in [6, 6.07) is 7.01. The van der Waals surface area contributed by atoms with E-state index in [2.05, 4.69) is 20.3 Å². The molecule has 3 aromatic rings. The van der Waals surface area contributed by atoms with Crippen molar-refractivity contribution in [1.29, 1.82) is 0 Å². The van der Waals surface area contributed by atoms with Gasteiger partial charge in [-0.25, -0.2) is 14.4 Å². The zero-order valence-electron chi connectivity index (χ0n) is 11.9. The lowest BCUT2D eigenvalue weighted by atomic mass is 10.3. The molecule has 0 aromatic carbocycles. The van der Waals surface area contributed by atoms with Crippen LogP contribution in [-0.2, 0) is 13.2 Å². The summed E-state index contributed by atoms with van der Waals surface area (Å²) in [6.45, 7) is 0.509. The monoisotopic (exact) mass is 334 g/mol. The zero-order valence-corrected chi connectivity index (χ0v) is 12.6. The number of nitrogens with one attached hydrogen (secondary N) is 1. The third-order valence-corrected chi connectivity index (χ3v) is 3.12. The molecule has 3 aromatic heterocycles. The third kappa shape index (κ3) is 4.17. The number of halogens is 2. The van der Waals surface area contributed by atoms with E-state index in [-0.39, 0.29) is 18.4 Å². The van der Waals surface area contributed by atoms with Crippen molar-refractivity contribution in [1.82, 2.24) is 15.0 Å². The minimum Gasteiger partial charge on any atom is -0.466 e. The van der Waals surface area contributed by atoms with Gasteiger partial charge in [0.1, 0.15) is 17.5 Å². The van der Waals surface area contributed by atoms with E-state index in [1.54, 1.807) is 30.5 Å². The van der Waals surface area contributed by atoms with Crippen LogP contribution >= 0.6 is 11.6 Å². The highest BCUT2D eigenvalue weighted by molar-refractivity contribution is 6.29. The van der Waals surface area contributed by atoms with Crippen molar-refractivity contribution >= 4 is 17.4 Å². The Bertz CT molecular complexity index is 766. The average molecular weight is 335 g/mol. The van der Waals surface area contributed by atoms with Gasteiger partial charge in [-0.15, -0.1) is 0 Å². The Kier molecular flexibility index (Phi) is 4.68. The second-order valence-corrected chi connectivity index (χ2v) is 4.95. The van der Waals surface area contributed by atoms with Crippen molar-refractivity contribution in [3.8, 4) is 6.01 Å². The maximum atomic E-state index is 13.8. The molecule has 0 atom stereocenters. The SMILES string of the molecule is Fc1cnc(OCc2ccco2)nc1NCc1ccc(Cl)nc1. The highest BCUT2D eigenvalue weighted by Gasteiger charge is 2.08. The molecule has 0 bridgehead atoms. The molecule has 0 radical (unpaired) electrons. The Hall–Kier alpha value is -2.67. The van der Waals surface area contributed by atoms with E-state index in [0.29, 0.717) is 17.5 Å². The van der Waals surface area contributed by atoms with E-state index in [1.807, 2.05) is 0 Å². The van der Waals surface area contributed by atoms with Gasteiger partial charge in [-0.1, -0.05) is 17.7 Å². The summed E-state index contributed by atoms with van der Waals surface area (Å²) in [5.41, 5.74) is 0.838. The molecule has 0 spiro atoms. The van der Waals surface area contributed by atoms with E-state index in [4.69, 9.17) is 20.8 Å². The van der Waals surface area contributed by atoms with Gasteiger partial charge in [0.15, 0.2) is 11.6 Å². The number of hydrogen-bond donors (Lipinski definition) is 1. The molecule has 1 N–H and O–H groups in total. The van der Waals surface area contributed by atoms with Crippen LogP contribution in [0.4, 0.5) is 10.2 Å². The fourth-order valence-corrected chi connectivity index (χ4v) is 1.88. The molecule has 0 amide bonds.